The first kappa shape index (κ1) is 16.1. The van der Waals surface area contributed by atoms with Crippen LogP contribution in [0.4, 0.5) is 8.78 Å². The monoisotopic (exact) mass is 315 g/mol. The molecular weight excluding hydrogens is 304 g/mol. The third kappa shape index (κ3) is 4.35. The lowest BCUT2D eigenvalue weighted by Gasteiger charge is -2.06. The average Bonchev–Trinajstić information content (AvgIpc) is 2.56. The quantitative estimate of drug-likeness (QED) is 0.680. The van der Waals surface area contributed by atoms with Crippen molar-refractivity contribution >= 4 is 12.1 Å². The van der Waals surface area contributed by atoms with Gasteiger partial charge in [0.2, 0.25) is 0 Å². The molecule has 5 nitrogen and oxygen atoms in total. The number of halogens is 2. The fraction of sp³-hybridized carbons (Fsp3) is 0.0625. The Morgan fingerprint density at radius 1 is 1.22 bits per heavy atom. The van der Waals surface area contributed by atoms with Crippen LogP contribution in [-0.4, -0.2) is 18.7 Å². The molecular formula is C16H11F2N3O2. The summed E-state index contributed by atoms with van der Waals surface area (Å²) >= 11 is 0. The van der Waals surface area contributed by atoms with Gasteiger partial charge in [0, 0.05) is 0 Å². The second kappa shape index (κ2) is 7.66. The van der Waals surface area contributed by atoms with E-state index < -0.39 is 24.1 Å². The molecule has 0 unspecified atom stereocenters. The van der Waals surface area contributed by atoms with Gasteiger partial charge in [0.05, 0.1) is 17.3 Å². The van der Waals surface area contributed by atoms with Crippen molar-refractivity contribution in [2.45, 2.75) is 0 Å². The predicted molar refractivity (Wildman–Crippen MR) is 78.7 cm³/mol. The number of rotatable bonds is 5. The van der Waals surface area contributed by atoms with E-state index in [4.69, 9.17) is 10.00 Å². The topological polar surface area (TPSA) is 74.5 Å². The molecule has 0 bridgehead atoms. The first-order chi connectivity index (χ1) is 11.1. The Hall–Kier alpha value is -3.27. The average molecular weight is 315 g/mol. The van der Waals surface area contributed by atoms with Gasteiger partial charge in [-0.25, -0.2) is 14.2 Å². The third-order valence-electron chi connectivity index (χ3n) is 2.75. The normalized spacial score (nSPS) is 10.3. The maximum absolute atomic E-state index is 13.3. The number of ether oxygens (including phenoxy) is 1. The molecule has 0 saturated carbocycles. The SMILES string of the molecule is N#Cc1ccccc1OCC(=O)N/N=C\c1c(F)cccc1F. The van der Waals surface area contributed by atoms with E-state index in [0.717, 1.165) is 18.3 Å². The van der Waals surface area contributed by atoms with Crippen LogP contribution in [0.25, 0.3) is 0 Å². The minimum absolute atomic E-state index is 0.259. The Kier molecular flexibility index (Phi) is 5.36. The van der Waals surface area contributed by atoms with Gasteiger partial charge in [-0.05, 0) is 24.3 Å². The van der Waals surface area contributed by atoms with E-state index in [9.17, 15) is 13.6 Å². The highest BCUT2D eigenvalue weighted by Crippen LogP contribution is 2.16. The number of carbonyl (C=O) groups excluding carboxylic acids is 1. The van der Waals surface area contributed by atoms with E-state index in [1.807, 2.05) is 6.07 Å². The van der Waals surface area contributed by atoms with E-state index >= 15 is 0 Å². The number of para-hydroxylation sites is 1. The molecule has 2 rings (SSSR count). The maximum atomic E-state index is 13.3. The lowest BCUT2D eigenvalue weighted by Crippen LogP contribution is -2.24. The molecule has 0 atom stereocenters. The number of hydrogen-bond donors (Lipinski definition) is 1. The molecule has 1 N–H and O–H groups in total. The van der Waals surface area contributed by atoms with Crippen LogP contribution >= 0.6 is 0 Å². The predicted octanol–water partition coefficient (Wildman–Crippen LogP) is 2.37. The first-order valence-corrected chi connectivity index (χ1v) is 6.49. The summed E-state index contributed by atoms with van der Waals surface area (Å²) in [5.41, 5.74) is 2.01. The van der Waals surface area contributed by atoms with E-state index in [2.05, 4.69) is 10.5 Å². The fourth-order valence-electron chi connectivity index (χ4n) is 1.66. The van der Waals surface area contributed by atoms with Crippen LogP contribution in [0.1, 0.15) is 11.1 Å². The molecule has 0 aromatic heterocycles. The van der Waals surface area contributed by atoms with Gasteiger partial charge in [-0.1, -0.05) is 18.2 Å². The van der Waals surface area contributed by atoms with Crippen LogP contribution < -0.4 is 10.2 Å². The van der Waals surface area contributed by atoms with Gasteiger partial charge < -0.3 is 4.74 Å². The number of carbonyl (C=O) groups is 1. The molecule has 0 aliphatic rings. The molecule has 0 spiro atoms. The van der Waals surface area contributed by atoms with Crippen LogP contribution in [0.2, 0.25) is 0 Å². The van der Waals surface area contributed by atoms with Crippen molar-refractivity contribution in [2.24, 2.45) is 5.10 Å². The Bertz CT molecular complexity index is 765. The highest BCUT2D eigenvalue weighted by Gasteiger charge is 2.07. The van der Waals surface area contributed by atoms with Crippen molar-refractivity contribution in [1.29, 1.82) is 5.26 Å². The minimum Gasteiger partial charge on any atom is -0.482 e. The van der Waals surface area contributed by atoms with E-state index in [1.54, 1.807) is 24.3 Å². The number of hydrazone groups is 1. The van der Waals surface area contributed by atoms with Gasteiger partial charge in [0.25, 0.3) is 5.91 Å². The molecule has 2 aromatic carbocycles. The zero-order valence-corrected chi connectivity index (χ0v) is 11.8. The molecule has 1 amide bonds. The van der Waals surface area contributed by atoms with Crippen LogP contribution in [0, 0.1) is 23.0 Å². The van der Waals surface area contributed by atoms with Crippen LogP contribution in [0.15, 0.2) is 47.6 Å². The van der Waals surface area contributed by atoms with Gasteiger partial charge in [-0.3, -0.25) is 4.79 Å². The summed E-state index contributed by atoms with van der Waals surface area (Å²) < 4.78 is 31.8. The number of nitrogens with one attached hydrogen (secondary N) is 1. The highest BCUT2D eigenvalue weighted by molar-refractivity contribution is 5.83. The van der Waals surface area contributed by atoms with Crippen molar-refractivity contribution in [3.8, 4) is 11.8 Å². The summed E-state index contributed by atoms with van der Waals surface area (Å²) in [4.78, 5) is 11.6. The molecule has 0 heterocycles. The van der Waals surface area contributed by atoms with Crippen molar-refractivity contribution in [2.75, 3.05) is 6.61 Å². The zero-order valence-electron chi connectivity index (χ0n) is 11.8. The van der Waals surface area contributed by atoms with Gasteiger partial charge in [0.15, 0.2) is 6.61 Å². The third-order valence-corrected chi connectivity index (χ3v) is 2.75. The van der Waals surface area contributed by atoms with E-state index in [1.165, 1.54) is 6.07 Å². The Balaban J connectivity index is 1.91. The lowest BCUT2D eigenvalue weighted by molar-refractivity contribution is -0.123. The summed E-state index contributed by atoms with van der Waals surface area (Å²) in [5.74, 6) is -1.95. The fourth-order valence-corrected chi connectivity index (χ4v) is 1.66. The second-order valence-corrected chi connectivity index (χ2v) is 4.33. The van der Waals surface area contributed by atoms with Gasteiger partial charge in [-0.15, -0.1) is 0 Å². The molecule has 0 aliphatic carbocycles. The second-order valence-electron chi connectivity index (χ2n) is 4.33. The first-order valence-electron chi connectivity index (χ1n) is 6.49. The number of hydrogen-bond acceptors (Lipinski definition) is 4. The smallest absolute Gasteiger partial charge is 0.277 e. The summed E-state index contributed by atoms with van der Waals surface area (Å²) in [6.07, 6.45) is 0.867. The lowest BCUT2D eigenvalue weighted by atomic mass is 10.2. The molecule has 0 radical (unpaired) electrons. The molecule has 2 aromatic rings. The van der Waals surface area contributed by atoms with Crippen LogP contribution in [-0.2, 0) is 4.79 Å². The molecule has 0 saturated heterocycles. The van der Waals surface area contributed by atoms with Crippen LogP contribution in [0.5, 0.6) is 5.75 Å². The number of amides is 1. The molecule has 116 valence electrons. The Labute approximate surface area is 130 Å². The Morgan fingerprint density at radius 3 is 2.61 bits per heavy atom. The summed E-state index contributed by atoms with van der Waals surface area (Å²) in [6.45, 7) is -0.393. The molecule has 23 heavy (non-hydrogen) atoms. The van der Waals surface area contributed by atoms with Gasteiger partial charge in [-0.2, -0.15) is 10.4 Å². The standard InChI is InChI=1S/C16H11F2N3O2/c17-13-5-3-6-14(18)12(13)9-20-21-16(22)10-23-15-7-2-1-4-11(15)8-19/h1-7,9H,10H2,(H,21,22)/b20-9-. The van der Waals surface area contributed by atoms with Crippen molar-refractivity contribution in [3.63, 3.8) is 0 Å². The Morgan fingerprint density at radius 2 is 1.91 bits per heavy atom. The van der Waals surface area contributed by atoms with Gasteiger partial charge >= 0.3 is 0 Å². The minimum atomic E-state index is -0.790. The van der Waals surface area contributed by atoms with E-state index in [-0.39, 0.29) is 16.9 Å². The summed E-state index contributed by atoms with van der Waals surface area (Å²) in [7, 11) is 0. The largest absolute Gasteiger partial charge is 0.482 e. The van der Waals surface area contributed by atoms with Gasteiger partial charge in [0.1, 0.15) is 23.5 Å². The number of nitriles is 1. The number of nitrogens with zero attached hydrogens (tertiary/aromatic N) is 2. The molecule has 7 heteroatoms. The van der Waals surface area contributed by atoms with Crippen LogP contribution in [0.3, 0.4) is 0 Å². The number of benzene rings is 2. The summed E-state index contributed by atoms with van der Waals surface area (Å²) in [6, 6.07) is 11.7. The zero-order chi connectivity index (χ0) is 16.7. The maximum Gasteiger partial charge on any atom is 0.277 e. The molecule has 0 fully saturated rings. The van der Waals surface area contributed by atoms with E-state index in [0.29, 0.717) is 0 Å². The highest BCUT2D eigenvalue weighted by atomic mass is 19.1. The molecule has 0 aliphatic heterocycles. The van der Waals surface area contributed by atoms with Crippen molar-refractivity contribution < 1.29 is 18.3 Å². The van der Waals surface area contributed by atoms with Crippen molar-refractivity contribution in [1.82, 2.24) is 5.43 Å². The summed E-state index contributed by atoms with van der Waals surface area (Å²) in [5, 5.41) is 12.3. The van der Waals surface area contributed by atoms with Crippen molar-refractivity contribution in [3.05, 3.63) is 65.2 Å².